The van der Waals surface area contributed by atoms with Crippen molar-refractivity contribution in [1.82, 2.24) is 4.90 Å². The highest BCUT2D eigenvalue weighted by molar-refractivity contribution is 7.90. The number of halogens is 1. The first-order valence-corrected chi connectivity index (χ1v) is 13.6. The summed E-state index contributed by atoms with van der Waals surface area (Å²) in [7, 11) is -3.35. The molecule has 10 heteroatoms. The Morgan fingerprint density at radius 2 is 1.49 bits per heavy atom. The fourth-order valence-electron chi connectivity index (χ4n) is 4.19. The number of aliphatic hydroxyl groups is 1. The van der Waals surface area contributed by atoms with Gasteiger partial charge in [0.1, 0.15) is 34.4 Å². The van der Waals surface area contributed by atoms with Gasteiger partial charge in [-0.25, -0.2) is 17.6 Å². The maximum atomic E-state index is 13.3. The molecule has 1 fully saturated rings. The molecule has 4 rings (SSSR count). The number of hydrogen-bond donors (Lipinski definition) is 2. The summed E-state index contributed by atoms with van der Waals surface area (Å²) in [4.78, 5) is 14.5. The second-order valence-corrected chi connectivity index (χ2v) is 11.7. The van der Waals surface area contributed by atoms with Crippen molar-refractivity contribution in [2.24, 2.45) is 5.92 Å². The van der Waals surface area contributed by atoms with Crippen LogP contribution < -0.4 is 14.8 Å². The minimum atomic E-state index is -3.35. The molecule has 1 heterocycles. The highest BCUT2D eigenvalue weighted by atomic mass is 32.2. The summed E-state index contributed by atoms with van der Waals surface area (Å²) in [6, 6.07) is 15.8. The second-order valence-electron chi connectivity index (χ2n) is 9.70. The first-order chi connectivity index (χ1) is 17.4. The Morgan fingerprint density at radius 1 is 0.973 bits per heavy atom. The van der Waals surface area contributed by atoms with E-state index in [0.29, 0.717) is 41.0 Å². The number of nitrogens with zero attached hydrogens (tertiary/aromatic N) is 1. The first kappa shape index (κ1) is 26.4. The summed E-state index contributed by atoms with van der Waals surface area (Å²) in [6.45, 7) is 4.50. The minimum Gasteiger partial charge on any atom is -0.457 e. The third-order valence-electron chi connectivity index (χ3n) is 5.71. The van der Waals surface area contributed by atoms with Crippen LogP contribution in [0.15, 0.2) is 71.6 Å². The number of β-amino-alcohol motifs (C(OH)–C–C–N with tert-alkyl or cyclic N) is 1. The van der Waals surface area contributed by atoms with E-state index in [1.165, 1.54) is 53.4 Å². The van der Waals surface area contributed by atoms with Crippen LogP contribution in [0.5, 0.6) is 23.0 Å². The van der Waals surface area contributed by atoms with Crippen molar-refractivity contribution in [3.63, 3.8) is 0 Å². The highest BCUT2D eigenvalue weighted by Crippen LogP contribution is 2.34. The van der Waals surface area contributed by atoms with Gasteiger partial charge in [0.2, 0.25) is 0 Å². The maximum absolute atomic E-state index is 13.3. The van der Waals surface area contributed by atoms with Gasteiger partial charge in [-0.1, -0.05) is 13.8 Å². The number of sulfone groups is 1. The molecule has 0 unspecified atom stereocenters. The normalized spacial score (nSPS) is 14.7. The zero-order valence-corrected chi connectivity index (χ0v) is 21.6. The lowest BCUT2D eigenvalue weighted by molar-refractivity contribution is -0.0861. The second kappa shape index (κ2) is 10.4. The summed E-state index contributed by atoms with van der Waals surface area (Å²) < 4.78 is 48.5. The fraction of sp³-hybridized carbons (Fsp3) is 0.296. The van der Waals surface area contributed by atoms with Gasteiger partial charge in [0.05, 0.1) is 18.0 Å². The van der Waals surface area contributed by atoms with Crippen molar-refractivity contribution in [2.45, 2.75) is 30.8 Å². The molecular weight excluding hydrogens is 499 g/mol. The number of carbonyl (C=O) groups excluding carboxylic acids is 1. The molecule has 3 aromatic rings. The molecular formula is C27H29FN2O6S. The molecule has 0 saturated carbocycles. The Kier molecular flexibility index (Phi) is 7.42. The van der Waals surface area contributed by atoms with Crippen molar-refractivity contribution in [3.05, 3.63) is 72.5 Å². The molecule has 37 heavy (non-hydrogen) atoms. The van der Waals surface area contributed by atoms with Crippen molar-refractivity contribution in [1.29, 1.82) is 0 Å². The Hall–Kier alpha value is -3.63. The zero-order valence-electron chi connectivity index (χ0n) is 20.8. The lowest BCUT2D eigenvalue weighted by atomic mass is 9.86. The fourth-order valence-corrected chi connectivity index (χ4v) is 4.82. The summed E-state index contributed by atoms with van der Waals surface area (Å²) in [5.41, 5.74) is -0.502. The molecule has 1 saturated heterocycles. The number of rotatable bonds is 8. The van der Waals surface area contributed by atoms with Crippen molar-refractivity contribution in [3.8, 4) is 23.0 Å². The largest absolute Gasteiger partial charge is 0.457 e. The van der Waals surface area contributed by atoms with Gasteiger partial charge in [-0.15, -0.1) is 0 Å². The van der Waals surface area contributed by atoms with E-state index in [1.807, 2.05) is 13.8 Å². The zero-order chi connectivity index (χ0) is 26.8. The predicted octanol–water partition coefficient (Wildman–Crippen LogP) is 5.44. The van der Waals surface area contributed by atoms with Crippen molar-refractivity contribution >= 4 is 21.6 Å². The molecule has 0 aromatic heterocycles. The third-order valence-corrected chi connectivity index (χ3v) is 6.84. The van der Waals surface area contributed by atoms with Crippen LogP contribution in [-0.2, 0) is 9.84 Å². The highest BCUT2D eigenvalue weighted by Gasteiger charge is 2.43. The van der Waals surface area contributed by atoms with E-state index in [4.69, 9.17) is 9.47 Å². The lowest BCUT2D eigenvalue weighted by Crippen LogP contribution is -2.64. The smallest absolute Gasteiger partial charge is 0.322 e. The van der Waals surface area contributed by atoms with Crippen LogP contribution in [0.3, 0.4) is 0 Å². The standard InChI is InChI=1S/C27H29FN2O6S/c1-18(2)15-27(32)16-30(17-27)26(31)29-20-12-23(35-21-6-4-19(28)5-7-21)14-24(13-20)36-22-8-10-25(11-9-22)37(3,33)34/h4-14,18,32H,15-17H2,1-3H3,(H,29,31). The van der Waals surface area contributed by atoms with Crippen LogP contribution >= 0.6 is 0 Å². The number of anilines is 1. The number of likely N-dealkylation sites (tertiary alicyclic amines) is 1. The molecule has 0 spiro atoms. The molecule has 0 bridgehead atoms. The van der Waals surface area contributed by atoms with Crippen LogP contribution in [-0.4, -0.2) is 49.4 Å². The lowest BCUT2D eigenvalue weighted by Gasteiger charge is -2.47. The molecule has 1 aliphatic rings. The molecule has 196 valence electrons. The molecule has 0 atom stereocenters. The first-order valence-electron chi connectivity index (χ1n) is 11.7. The number of hydrogen-bond acceptors (Lipinski definition) is 6. The van der Waals surface area contributed by atoms with Crippen LogP contribution in [0.25, 0.3) is 0 Å². The van der Waals surface area contributed by atoms with Gasteiger partial charge in [0.25, 0.3) is 0 Å². The number of urea groups is 1. The number of benzene rings is 3. The predicted molar refractivity (Wildman–Crippen MR) is 138 cm³/mol. The molecule has 0 aliphatic carbocycles. The van der Waals surface area contributed by atoms with E-state index >= 15 is 0 Å². The van der Waals surface area contributed by atoms with E-state index in [9.17, 15) is 22.7 Å². The van der Waals surface area contributed by atoms with E-state index < -0.39 is 21.3 Å². The van der Waals surface area contributed by atoms with Gasteiger partial charge in [0.15, 0.2) is 9.84 Å². The van der Waals surface area contributed by atoms with Crippen LogP contribution in [0, 0.1) is 11.7 Å². The van der Waals surface area contributed by atoms with E-state index in [1.54, 1.807) is 18.2 Å². The molecule has 1 aliphatic heterocycles. The molecule has 2 amide bonds. The Bertz CT molecular complexity index is 1370. The third kappa shape index (κ3) is 6.99. The monoisotopic (exact) mass is 528 g/mol. The van der Waals surface area contributed by atoms with E-state index in [2.05, 4.69) is 5.32 Å². The Morgan fingerprint density at radius 3 is 1.97 bits per heavy atom. The Balaban J connectivity index is 1.54. The van der Waals surface area contributed by atoms with Gasteiger partial charge < -0.3 is 24.8 Å². The molecule has 0 radical (unpaired) electrons. The van der Waals surface area contributed by atoms with Gasteiger partial charge in [-0.05, 0) is 60.9 Å². The summed E-state index contributed by atoms with van der Waals surface area (Å²) in [6.07, 6.45) is 1.73. The topological polar surface area (TPSA) is 105 Å². The number of amides is 2. The molecule has 2 N–H and O–H groups in total. The maximum Gasteiger partial charge on any atom is 0.322 e. The van der Waals surface area contributed by atoms with Gasteiger partial charge >= 0.3 is 6.03 Å². The van der Waals surface area contributed by atoms with Gasteiger partial charge in [-0.3, -0.25) is 0 Å². The summed E-state index contributed by atoms with van der Waals surface area (Å²) >= 11 is 0. The quantitative estimate of drug-likeness (QED) is 0.404. The van der Waals surface area contributed by atoms with Gasteiger partial charge in [0, 0.05) is 30.1 Å². The van der Waals surface area contributed by atoms with Crippen LogP contribution in [0.1, 0.15) is 20.3 Å². The van der Waals surface area contributed by atoms with Crippen molar-refractivity contribution in [2.75, 3.05) is 24.7 Å². The molecule has 8 nitrogen and oxygen atoms in total. The van der Waals surface area contributed by atoms with Gasteiger partial charge in [-0.2, -0.15) is 0 Å². The molecule has 3 aromatic carbocycles. The number of ether oxygens (including phenoxy) is 2. The van der Waals surface area contributed by atoms with E-state index in [0.717, 1.165) is 6.26 Å². The van der Waals surface area contributed by atoms with Crippen LogP contribution in [0.4, 0.5) is 14.9 Å². The van der Waals surface area contributed by atoms with Crippen molar-refractivity contribution < 1.29 is 32.2 Å². The number of nitrogens with one attached hydrogen (secondary N) is 1. The average Bonchev–Trinajstić information content (AvgIpc) is 2.78. The van der Waals surface area contributed by atoms with E-state index in [-0.39, 0.29) is 24.0 Å². The summed E-state index contributed by atoms with van der Waals surface area (Å²) in [5, 5.41) is 13.3. The summed E-state index contributed by atoms with van der Waals surface area (Å²) in [5.74, 6) is 1.32. The SMILES string of the molecule is CC(C)CC1(O)CN(C(=O)Nc2cc(Oc3ccc(F)cc3)cc(Oc3ccc(S(C)(=O)=O)cc3)c2)C1. The van der Waals surface area contributed by atoms with Crippen LogP contribution in [0.2, 0.25) is 0 Å². The average molecular weight is 529 g/mol. The number of carbonyl (C=O) groups is 1. The Labute approximate surface area is 215 Å². The minimum absolute atomic E-state index is 0.160.